The molecule has 1 aliphatic rings. The lowest BCUT2D eigenvalue weighted by Crippen LogP contribution is -2.48. The predicted molar refractivity (Wildman–Crippen MR) is 141 cm³/mol. The summed E-state index contributed by atoms with van der Waals surface area (Å²) in [6, 6.07) is -0.668. The number of hydrogen-bond acceptors (Lipinski definition) is 5. The standard InChI is InChI=1S/C29H49NO5/c1-5-7-9-11-12-13-14-15-16-18-24(34-29(33)26(30-22-31)20-23(3)4)21-27-25(28(32)35-27)19-17-10-8-6-2/h12-13,15-16,22-27H,5-11,14,17-21H2,1-4H3,(H,30,31)/b13-12-,16-15-/t24-,25+,26-,27?/m0/s1. The molecular weight excluding hydrogens is 442 g/mol. The second-order valence-corrected chi connectivity index (χ2v) is 10.1. The van der Waals surface area contributed by atoms with Gasteiger partial charge in [0.15, 0.2) is 0 Å². The van der Waals surface area contributed by atoms with E-state index in [1.807, 2.05) is 19.9 Å². The Hall–Kier alpha value is -2.11. The summed E-state index contributed by atoms with van der Waals surface area (Å²) in [7, 11) is 0. The van der Waals surface area contributed by atoms with Crippen molar-refractivity contribution in [3.05, 3.63) is 24.3 Å². The van der Waals surface area contributed by atoms with E-state index < -0.39 is 18.1 Å². The lowest BCUT2D eigenvalue weighted by atomic mass is 9.87. The third kappa shape index (κ3) is 13.5. The smallest absolute Gasteiger partial charge is 0.328 e. The summed E-state index contributed by atoms with van der Waals surface area (Å²) in [4.78, 5) is 35.9. The maximum Gasteiger partial charge on any atom is 0.328 e. The van der Waals surface area contributed by atoms with Gasteiger partial charge >= 0.3 is 11.9 Å². The Balaban J connectivity index is 2.70. The van der Waals surface area contributed by atoms with Crippen molar-refractivity contribution in [3.8, 4) is 0 Å². The molecule has 4 atom stereocenters. The van der Waals surface area contributed by atoms with Crippen molar-refractivity contribution < 1.29 is 23.9 Å². The number of hydrogen-bond donors (Lipinski definition) is 1. The Morgan fingerprint density at radius 2 is 1.74 bits per heavy atom. The fraction of sp³-hybridized carbons (Fsp3) is 0.759. The van der Waals surface area contributed by atoms with Crippen molar-refractivity contribution in [2.45, 2.75) is 129 Å². The molecule has 0 aromatic heterocycles. The van der Waals surface area contributed by atoms with Crippen LogP contribution in [-0.4, -0.2) is 36.6 Å². The normalized spacial score (nSPS) is 19.5. The topological polar surface area (TPSA) is 81.7 Å². The molecule has 0 spiro atoms. The zero-order valence-electron chi connectivity index (χ0n) is 22.5. The molecule has 1 unspecified atom stereocenters. The minimum Gasteiger partial charge on any atom is -0.461 e. The van der Waals surface area contributed by atoms with Crippen LogP contribution in [0, 0.1) is 11.8 Å². The Bertz CT molecular complexity index is 657. The number of cyclic esters (lactones) is 1. The van der Waals surface area contributed by atoms with Crippen LogP contribution in [0.5, 0.6) is 0 Å². The first kappa shape index (κ1) is 30.9. The number of carbonyl (C=O) groups excluding carboxylic acids is 3. The summed E-state index contributed by atoms with van der Waals surface area (Å²) in [6.07, 6.45) is 21.0. The number of nitrogens with one attached hydrogen (secondary N) is 1. The largest absolute Gasteiger partial charge is 0.461 e. The Morgan fingerprint density at radius 3 is 2.40 bits per heavy atom. The van der Waals surface area contributed by atoms with Crippen LogP contribution in [0.4, 0.5) is 0 Å². The van der Waals surface area contributed by atoms with E-state index >= 15 is 0 Å². The molecule has 6 heteroatoms. The highest BCUT2D eigenvalue weighted by Gasteiger charge is 2.43. The summed E-state index contributed by atoms with van der Waals surface area (Å²) in [5, 5.41) is 2.59. The minimum atomic E-state index is -0.668. The molecule has 1 saturated heterocycles. The van der Waals surface area contributed by atoms with Crippen molar-refractivity contribution >= 4 is 18.3 Å². The Kier molecular flexibility index (Phi) is 16.9. The average Bonchev–Trinajstić information content (AvgIpc) is 2.81. The van der Waals surface area contributed by atoms with E-state index in [2.05, 4.69) is 37.4 Å². The highest BCUT2D eigenvalue weighted by molar-refractivity contribution is 5.79. The zero-order chi connectivity index (χ0) is 25.9. The minimum absolute atomic E-state index is 0.109. The van der Waals surface area contributed by atoms with E-state index in [4.69, 9.17) is 9.47 Å². The maximum absolute atomic E-state index is 12.8. The number of esters is 2. The van der Waals surface area contributed by atoms with Crippen LogP contribution in [0.2, 0.25) is 0 Å². The lowest BCUT2D eigenvalue weighted by molar-refractivity contribution is -0.190. The Labute approximate surface area is 213 Å². The SMILES string of the molecule is CCCCC/C=C\C/C=C\C[C@@H](CC1OC(=O)[C@@H]1CCCCCC)OC(=O)[C@H](CC(C)C)NC=O. The van der Waals surface area contributed by atoms with Crippen LogP contribution in [0.3, 0.4) is 0 Å². The molecule has 0 bridgehead atoms. The van der Waals surface area contributed by atoms with Crippen LogP contribution < -0.4 is 5.32 Å². The van der Waals surface area contributed by atoms with Gasteiger partial charge in [-0.1, -0.05) is 90.5 Å². The highest BCUT2D eigenvalue weighted by Crippen LogP contribution is 2.32. The van der Waals surface area contributed by atoms with Gasteiger partial charge in [-0.2, -0.15) is 0 Å². The Morgan fingerprint density at radius 1 is 1.03 bits per heavy atom. The van der Waals surface area contributed by atoms with E-state index in [-0.39, 0.29) is 23.9 Å². The van der Waals surface area contributed by atoms with E-state index in [9.17, 15) is 14.4 Å². The van der Waals surface area contributed by atoms with Gasteiger partial charge in [0, 0.05) is 12.8 Å². The van der Waals surface area contributed by atoms with Crippen molar-refractivity contribution in [2.24, 2.45) is 11.8 Å². The molecule has 1 aliphatic heterocycles. The molecule has 1 amide bonds. The van der Waals surface area contributed by atoms with Gasteiger partial charge in [-0.3, -0.25) is 9.59 Å². The van der Waals surface area contributed by atoms with Crippen molar-refractivity contribution in [1.29, 1.82) is 0 Å². The monoisotopic (exact) mass is 491 g/mol. The fourth-order valence-corrected chi connectivity index (χ4v) is 4.34. The molecule has 0 aromatic carbocycles. The molecule has 1 fully saturated rings. The summed E-state index contributed by atoms with van der Waals surface area (Å²) in [6.45, 7) is 8.37. The van der Waals surface area contributed by atoms with Gasteiger partial charge in [0.1, 0.15) is 18.2 Å². The number of allylic oxidation sites excluding steroid dienone is 3. The number of amides is 1. The first-order valence-electron chi connectivity index (χ1n) is 13.8. The zero-order valence-corrected chi connectivity index (χ0v) is 22.5. The first-order valence-corrected chi connectivity index (χ1v) is 13.8. The number of unbranched alkanes of at least 4 members (excludes halogenated alkanes) is 6. The molecule has 0 aliphatic carbocycles. The molecule has 6 nitrogen and oxygen atoms in total. The molecule has 200 valence electrons. The molecule has 0 aromatic rings. The van der Waals surface area contributed by atoms with E-state index in [1.54, 1.807) is 0 Å². The lowest BCUT2D eigenvalue weighted by Gasteiger charge is -2.37. The van der Waals surface area contributed by atoms with Gasteiger partial charge in [0.25, 0.3) is 0 Å². The van der Waals surface area contributed by atoms with Gasteiger partial charge < -0.3 is 14.8 Å². The van der Waals surface area contributed by atoms with Crippen molar-refractivity contribution in [3.63, 3.8) is 0 Å². The summed E-state index contributed by atoms with van der Waals surface area (Å²) >= 11 is 0. The third-order valence-electron chi connectivity index (χ3n) is 6.41. The molecular formula is C29H49NO5. The van der Waals surface area contributed by atoms with Gasteiger partial charge in [0.05, 0.1) is 5.92 Å². The second-order valence-electron chi connectivity index (χ2n) is 10.1. The van der Waals surface area contributed by atoms with Gasteiger partial charge in [-0.25, -0.2) is 4.79 Å². The van der Waals surface area contributed by atoms with E-state index in [1.165, 1.54) is 25.7 Å². The maximum atomic E-state index is 12.8. The van der Waals surface area contributed by atoms with Crippen LogP contribution in [0.15, 0.2) is 24.3 Å². The van der Waals surface area contributed by atoms with Gasteiger partial charge in [0.2, 0.25) is 6.41 Å². The summed E-state index contributed by atoms with van der Waals surface area (Å²) in [5.41, 5.74) is 0. The third-order valence-corrected chi connectivity index (χ3v) is 6.41. The number of rotatable bonds is 21. The van der Waals surface area contributed by atoms with E-state index in [0.29, 0.717) is 25.7 Å². The molecule has 0 radical (unpaired) electrons. The molecule has 35 heavy (non-hydrogen) atoms. The van der Waals surface area contributed by atoms with Crippen LogP contribution in [0.25, 0.3) is 0 Å². The van der Waals surface area contributed by atoms with Gasteiger partial charge in [-0.05, 0) is 38.0 Å². The van der Waals surface area contributed by atoms with Crippen LogP contribution in [-0.2, 0) is 23.9 Å². The average molecular weight is 492 g/mol. The molecule has 1 rings (SSSR count). The number of ether oxygens (including phenoxy) is 2. The fourth-order valence-electron chi connectivity index (χ4n) is 4.34. The van der Waals surface area contributed by atoms with Gasteiger partial charge in [-0.15, -0.1) is 0 Å². The quantitative estimate of drug-likeness (QED) is 0.0865. The predicted octanol–water partition coefficient (Wildman–Crippen LogP) is 6.43. The molecule has 1 N–H and O–H groups in total. The van der Waals surface area contributed by atoms with E-state index in [0.717, 1.165) is 38.5 Å². The first-order chi connectivity index (χ1) is 16.9. The number of carbonyl (C=O) groups is 3. The van der Waals surface area contributed by atoms with Crippen molar-refractivity contribution in [2.75, 3.05) is 0 Å². The highest BCUT2D eigenvalue weighted by atomic mass is 16.6. The van der Waals surface area contributed by atoms with Crippen LogP contribution in [0.1, 0.15) is 111 Å². The summed E-state index contributed by atoms with van der Waals surface area (Å²) < 4.78 is 11.3. The van der Waals surface area contributed by atoms with Crippen LogP contribution >= 0.6 is 0 Å². The molecule has 0 saturated carbocycles. The second kappa shape index (κ2) is 19.1. The summed E-state index contributed by atoms with van der Waals surface area (Å²) in [5.74, 6) is -0.434. The molecule has 1 heterocycles. The van der Waals surface area contributed by atoms with Crippen molar-refractivity contribution in [1.82, 2.24) is 5.32 Å².